The molecule has 0 saturated carbocycles. The molecule has 1 aromatic carbocycles. The van der Waals surface area contributed by atoms with Crippen LogP contribution in [0.15, 0.2) is 22.7 Å². The van der Waals surface area contributed by atoms with Crippen LogP contribution in [0.3, 0.4) is 0 Å². The second-order valence-electron chi connectivity index (χ2n) is 3.48. The summed E-state index contributed by atoms with van der Waals surface area (Å²) < 4.78 is 26.3. The molecule has 0 heterocycles. The van der Waals surface area contributed by atoms with Crippen LogP contribution in [0.5, 0.6) is 0 Å². The van der Waals surface area contributed by atoms with Crippen molar-refractivity contribution in [1.82, 2.24) is 0 Å². The molecule has 0 spiro atoms. The minimum atomic E-state index is -3.36. The first-order chi connectivity index (χ1) is 7.94. The van der Waals surface area contributed by atoms with Gasteiger partial charge in [0, 0.05) is 16.8 Å². The van der Waals surface area contributed by atoms with Gasteiger partial charge in [0.1, 0.15) is 0 Å². The molecule has 0 bridgehead atoms. The quantitative estimate of drug-likeness (QED) is 0.781. The smallest absolute Gasteiger partial charge is 0.232 e. The van der Waals surface area contributed by atoms with Gasteiger partial charge in [-0.2, -0.15) is 0 Å². The highest BCUT2D eigenvalue weighted by molar-refractivity contribution is 9.10. The molecule has 17 heavy (non-hydrogen) atoms. The Morgan fingerprint density at radius 2 is 2.06 bits per heavy atom. The van der Waals surface area contributed by atoms with Crippen LogP contribution in [0.2, 0.25) is 5.02 Å². The van der Waals surface area contributed by atoms with Crippen LogP contribution in [0.1, 0.15) is 12.8 Å². The van der Waals surface area contributed by atoms with Crippen molar-refractivity contribution < 1.29 is 13.5 Å². The molecule has 0 saturated heterocycles. The Balaban J connectivity index is 2.66. The molecule has 7 heteroatoms. The summed E-state index contributed by atoms with van der Waals surface area (Å²) in [5, 5.41) is 9.11. The Morgan fingerprint density at radius 1 is 1.35 bits per heavy atom. The third kappa shape index (κ3) is 5.25. The predicted molar refractivity (Wildman–Crippen MR) is 72.9 cm³/mol. The average molecular weight is 343 g/mol. The molecule has 0 aromatic heterocycles. The number of sulfonamides is 1. The molecule has 96 valence electrons. The van der Waals surface area contributed by atoms with E-state index in [0.717, 1.165) is 0 Å². The summed E-state index contributed by atoms with van der Waals surface area (Å²) in [6.45, 7) is 0.00200. The Labute approximate surface area is 114 Å². The third-order valence-electron chi connectivity index (χ3n) is 2.01. The van der Waals surface area contributed by atoms with Gasteiger partial charge in [0.25, 0.3) is 0 Å². The van der Waals surface area contributed by atoms with Crippen molar-refractivity contribution in [2.45, 2.75) is 12.8 Å². The number of unbranched alkanes of at least 4 members (excludes halogenated alkanes) is 1. The SMILES string of the molecule is O=S(=O)(CCCCO)Nc1ccc(Cl)c(Br)c1. The average Bonchev–Trinajstić information content (AvgIpc) is 2.23. The normalized spacial score (nSPS) is 11.5. The fraction of sp³-hybridized carbons (Fsp3) is 0.400. The molecular weight excluding hydrogens is 330 g/mol. The highest BCUT2D eigenvalue weighted by atomic mass is 79.9. The zero-order chi connectivity index (χ0) is 12.9. The van der Waals surface area contributed by atoms with Crippen molar-refractivity contribution in [2.75, 3.05) is 17.1 Å². The lowest BCUT2D eigenvalue weighted by Crippen LogP contribution is -2.16. The zero-order valence-corrected chi connectivity index (χ0v) is 12.1. The number of anilines is 1. The van der Waals surface area contributed by atoms with Crippen molar-refractivity contribution in [2.24, 2.45) is 0 Å². The van der Waals surface area contributed by atoms with Gasteiger partial charge in [-0.15, -0.1) is 0 Å². The molecule has 2 N–H and O–H groups in total. The molecule has 4 nitrogen and oxygen atoms in total. The van der Waals surface area contributed by atoms with E-state index in [1.54, 1.807) is 18.2 Å². The van der Waals surface area contributed by atoms with Gasteiger partial charge in [-0.1, -0.05) is 11.6 Å². The summed E-state index contributed by atoms with van der Waals surface area (Å²) in [4.78, 5) is 0. The molecule has 0 radical (unpaired) electrons. The van der Waals surface area contributed by atoms with Crippen LogP contribution in [-0.4, -0.2) is 25.9 Å². The van der Waals surface area contributed by atoms with E-state index in [2.05, 4.69) is 20.7 Å². The van der Waals surface area contributed by atoms with E-state index < -0.39 is 10.0 Å². The topological polar surface area (TPSA) is 66.4 Å². The lowest BCUT2D eigenvalue weighted by Gasteiger charge is -2.08. The summed E-state index contributed by atoms with van der Waals surface area (Å²) in [7, 11) is -3.36. The van der Waals surface area contributed by atoms with Crippen LogP contribution in [0, 0.1) is 0 Å². The Bertz CT molecular complexity index is 478. The highest BCUT2D eigenvalue weighted by Gasteiger charge is 2.10. The van der Waals surface area contributed by atoms with E-state index in [1.807, 2.05) is 0 Å². The molecular formula is C10H13BrClNO3S. The molecule has 1 aromatic rings. The standard InChI is InChI=1S/C10H13BrClNO3S/c11-9-7-8(3-4-10(9)12)13-17(15,16)6-2-1-5-14/h3-4,7,13-14H,1-2,5-6H2. The molecule has 0 amide bonds. The number of hydrogen-bond acceptors (Lipinski definition) is 3. The van der Waals surface area contributed by atoms with E-state index in [9.17, 15) is 8.42 Å². The third-order valence-corrected chi connectivity index (χ3v) is 4.60. The lowest BCUT2D eigenvalue weighted by atomic mass is 10.3. The maximum atomic E-state index is 11.6. The second-order valence-corrected chi connectivity index (χ2v) is 6.58. The first kappa shape index (κ1) is 14.8. The summed E-state index contributed by atoms with van der Waals surface area (Å²) in [5.41, 5.74) is 0.463. The molecule has 1 rings (SSSR count). The van der Waals surface area contributed by atoms with E-state index >= 15 is 0 Å². The van der Waals surface area contributed by atoms with Crippen molar-refractivity contribution in [1.29, 1.82) is 0 Å². The maximum absolute atomic E-state index is 11.6. The van der Waals surface area contributed by atoms with E-state index in [1.165, 1.54) is 0 Å². The maximum Gasteiger partial charge on any atom is 0.232 e. The van der Waals surface area contributed by atoms with Crippen LogP contribution in [-0.2, 0) is 10.0 Å². The number of halogens is 2. The summed E-state index contributed by atoms with van der Waals surface area (Å²) in [6, 6.07) is 4.81. The van der Waals surface area contributed by atoms with Gasteiger partial charge in [-0.3, -0.25) is 4.72 Å². The Hall–Kier alpha value is -0.300. The molecule has 0 atom stereocenters. The van der Waals surface area contributed by atoms with Gasteiger partial charge in [0.2, 0.25) is 10.0 Å². The number of nitrogens with one attached hydrogen (secondary N) is 1. The van der Waals surface area contributed by atoms with E-state index in [0.29, 0.717) is 28.0 Å². The van der Waals surface area contributed by atoms with E-state index in [4.69, 9.17) is 16.7 Å². The van der Waals surface area contributed by atoms with Crippen LogP contribution < -0.4 is 4.72 Å². The summed E-state index contributed by atoms with van der Waals surface area (Å²) in [6.07, 6.45) is 0.909. The van der Waals surface area contributed by atoms with Crippen molar-refractivity contribution >= 4 is 43.2 Å². The highest BCUT2D eigenvalue weighted by Crippen LogP contribution is 2.26. The predicted octanol–water partition coefficient (Wildman–Crippen LogP) is 2.62. The minimum Gasteiger partial charge on any atom is -0.396 e. The first-order valence-corrected chi connectivity index (χ1v) is 7.83. The fourth-order valence-electron chi connectivity index (χ4n) is 1.19. The largest absolute Gasteiger partial charge is 0.396 e. The van der Waals surface area contributed by atoms with Crippen molar-refractivity contribution in [3.05, 3.63) is 27.7 Å². The number of benzene rings is 1. The number of aliphatic hydroxyl groups excluding tert-OH is 1. The zero-order valence-electron chi connectivity index (χ0n) is 8.99. The first-order valence-electron chi connectivity index (χ1n) is 5.01. The summed E-state index contributed by atoms with van der Waals surface area (Å²) in [5.74, 6) is -0.00615. The van der Waals surface area contributed by atoms with Crippen LogP contribution >= 0.6 is 27.5 Å². The van der Waals surface area contributed by atoms with Gasteiger partial charge in [0.15, 0.2) is 0 Å². The summed E-state index contributed by atoms with van der Waals surface area (Å²) >= 11 is 9.02. The molecule has 0 aliphatic carbocycles. The molecule has 0 fully saturated rings. The van der Waals surface area contributed by atoms with Crippen LogP contribution in [0.4, 0.5) is 5.69 Å². The fourth-order valence-corrected chi connectivity index (χ4v) is 2.86. The lowest BCUT2D eigenvalue weighted by molar-refractivity contribution is 0.287. The number of aliphatic hydroxyl groups is 1. The second kappa shape index (κ2) is 6.58. The van der Waals surface area contributed by atoms with Gasteiger partial charge in [0.05, 0.1) is 10.8 Å². The van der Waals surface area contributed by atoms with Gasteiger partial charge in [-0.05, 0) is 47.0 Å². The number of rotatable bonds is 6. The van der Waals surface area contributed by atoms with Gasteiger partial charge < -0.3 is 5.11 Å². The van der Waals surface area contributed by atoms with Crippen molar-refractivity contribution in [3.63, 3.8) is 0 Å². The van der Waals surface area contributed by atoms with E-state index in [-0.39, 0.29) is 12.4 Å². The minimum absolute atomic E-state index is 0.00200. The monoisotopic (exact) mass is 341 g/mol. The van der Waals surface area contributed by atoms with Crippen LogP contribution in [0.25, 0.3) is 0 Å². The van der Waals surface area contributed by atoms with Gasteiger partial charge >= 0.3 is 0 Å². The Kier molecular flexibility index (Phi) is 5.72. The van der Waals surface area contributed by atoms with Crippen molar-refractivity contribution in [3.8, 4) is 0 Å². The molecule has 0 aliphatic rings. The molecule has 0 unspecified atom stereocenters. The Morgan fingerprint density at radius 3 is 2.65 bits per heavy atom. The number of hydrogen-bond donors (Lipinski definition) is 2. The van der Waals surface area contributed by atoms with Gasteiger partial charge in [-0.25, -0.2) is 8.42 Å². The molecule has 0 aliphatic heterocycles.